The van der Waals surface area contributed by atoms with E-state index in [1.165, 1.54) is 41.8 Å². The molecule has 82 valence electrons. The van der Waals surface area contributed by atoms with Crippen LogP contribution in [0.5, 0.6) is 0 Å². The summed E-state index contributed by atoms with van der Waals surface area (Å²) >= 11 is 0. The molecule has 0 saturated heterocycles. The average molecular weight is 211 g/mol. The van der Waals surface area contributed by atoms with E-state index in [1.54, 1.807) is 5.69 Å². The van der Waals surface area contributed by atoms with Crippen molar-refractivity contribution in [1.82, 2.24) is 4.57 Å². The monoisotopic (exact) mass is 211 g/mol. The lowest BCUT2D eigenvalue weighted by atomic mass is 10.00. The van der Waals surface area contributed by atoms with E-state index >= 15 is 0 Å². The van der Waals surface area contributed by atoms with Gasteiger partial charge in [0.2, 0.25) is 0 Å². The van der Waals surface area contributed by atoms with E-state index in [4.69, 9.17) is 0 Å². The molecule has 2 heterocycles. The third kappa shape index (κ3) is 1.24. The zero-order chi connectivity index (χ0) is 11.1. The van der Waals surface area contributed by atoms with Crippen molar-refractivity contribution in [2.75, 3.05) is 0 Å². The second kappa shape index (κ2) is 3.51. The van der Waals surface area contributed by atoms with E-state index < -0.39 is 0 Å². The second-order valence-electron chi connectivity index (χ2n) is 4.65. The molecule has 0 radical (unpaired) electrons. The Balaban J connectivity index is 2.26. The topological polar surface area (TPSA) is 4.93 Å². The van der Waals surface area contributed by atoms with Crippen molar-refractivity contribution in [2.24, 2.45) is 0 Å². The molecule has 0 bridgehead atoms. The van der Waals surface area contributed by atoms with Gasteiger partial charge in [0.15, 0.2) is 0 Å². The fourth-order valence-corrected chi connectivity index (χ4v) is 2.89. The van der Waals surface area contributed by atoms with Crippen LogP contribution in [0.4, 0.5) is 0 Å². The summed E-state index contributed by atoms with van der Waals surface area (Å²) in [6, 6.07) is 10.8. The van der Waals surface area contributed by atoms with E-state index in [9.17, 15) is 0 Å². The standard InChI is InChI=1S/C15H17N/c1-11-12(2)16-10-6-9-14(16)15(11)13-7-4-3-5-8-13/h3-5,7-8H,6,9-10H2,1-2H3. The van der Waals surface area contributed by atoms with Gasteiger partial charge in [0.05, 0.1) is 0 Å². The Labute approximate surface area is 96.7 Å². The van der Waals surface area contributed by atoms with Gasteiger partial charge in [-0.2, -0.15) is 0 Å². The molecule has 16 heavy (non-hydrogen) atoms. The first-order chi connectivity index (χ1) is 7.79. The van der Waals surface area contributed by atoms with Crippen LogP contribution in [-0.4, -0.2) is 4.57 Å². The number of nitrogens with zero attached hydrogens (tertiary/aromatic N) is 1. The van der Waals surface area contributed by atoms with E-state index in [1.807, 2.05) is 0 Å². The summed E-state index contributed by atoms with van der Waals surface area (Å²) in [6.45, 7) is 5.70. The normalized spacial score (nSPS) is 14.1. The number of hydrogen-bond acceptors (Lipinski definition) is 0. The van der Waals surface area contributed by atoms with Crippen LogP contribution in [0.15, 0.2) is 30.3 Å². The molecule has 0 atom stereocenters. The Kier molecular flexibility index (Phi) is 2.13. The third-order valence-electron chi connectivity index (χ3n) is 3.79. The van der Waals surface area contributed by atoms with E-state index in [0.717, 1.165) is 0 Å². The van der Waals surface area contributed by atoms with Crippen molar-refractivity contribution in [3.8, 4) is 11.1 Å². The van der Waals surface area contributed by atoms with Crippen LogP contribution in [0.2, 0.25) is 0 Å². The lowest BCUT2D eigenvalue weighted by Gasteiger charge is -2.03. The first-order valence-electron chi connectivity index (χ1n) is 6.03. The number of aromatic nitrogens is 1. The van der Waals surface area contributed by atoms with Crippen LogP contribution in [0, 0.1) is 13.8 Å². The maximum atomic E-state index is 2.50. The molecule has 1 aliphatic heterocycles. The zero-order valence-electron chi connectivity index (χ0n) is 9.96. The van der Waals surface area contributed by atoms with Gasteiger partial charge in [-0.1, -0.05) is 30.3 Å². The highest BCUT2D eigenvalue weighted by atomic mass is 15.0. The zero-order valence-corrected chi connectivity index (χ0v) is 9.96. The Morgan fingerprint density at radius 1 is 1.06 bits per heavy atom. The fourth-order valence-electron chi connectivity index (χ4n) is 2.89. The maximum absolute atomic E-state index is 2.50. The molecule has 1 heteroatoms. The van der Waals surface area contributed by atoms with Gasteiger partial charge in [0, 0.05) is 23.5 Å². The van der Waals surface area contributed by atoms with Crippen molar-refractivity contribution in [2.45, 2.75) is 33.2 Å². The third-order valence-corrected chi connectivity index (χ3v) is 3.79. The Hall–Kier alpha value is -1.50. The van der Waals surface area contributed by atoms with E-state index in [2.05, 4.69) is 48.7 Å². The maximum Gasteiger partial charge on any atom is 0.0259 e. The minimum absolute atomic E-state index is 1.20. The molecule has 1 aromatic carbocycles. The smallest absolute Gasteiger partial charge is 0.0259 e. The Bertz CT molecular complexity index is 520. The molecule has 0 N–H and O–H groups in total. The number of benzene rings is 1. The van der Waals surface area contributed by atoms with E-state index in [0.29, 0.717) is 0 Å². The Morgan fingerprint density at radius 3 is 2.56 bits per heavy atom. The first kappa shape index (κ1) is 9.71. The van der Waals surface area contributed by atoms with Gasteiger partial charge < -0.3 is 4.57 Å². The summed E-state index contributed by atoms with van der Waals surface area (Å²) in [5.74, 6) is 0. The summed E-state index contributed by atoms with van der Waals surface area (Å²) in [5.41, 5.74) is 7.31. The molecule has 1 aromatic heterocycles. The van der Waals surface area contributed by atoms with Crippen LogP contribution in [-0.2, 0) is 13.0 Å². The largest absolute Gasteiger partial charge is 0.348 e. The van der Waals surface area contributed by atoms with Gasteiger partial charge in [-0.15, -0.1) is 0 Å². The molecule has 0 saturated carbocycles. The lowest BCUT2D eigenvalue weighted by molar-refractivity contribution is 0.726. The van der Waals surface area contributed by atoms with E-state index in [-0.39, 0.29) is 0 Å². The molecular formula is C15H17N. The number of fused-ring (bicyclic) bond motifs is 1. The Morgan fingerprint density at radius 2 is 1.81 bits per heavy atom. The molecule has 2 aromatic rings. The highest BCUT2D eigenvalue weighted by Gasteiger charge is 2.21. The molecule has 0 spiro atoms. The van der Waals surface area contributed by atoms with Crippen molar-refractivity contribution in [3.63, 3.8) is 0 Å². The van der Waals surface area contributed by atoms with Gasteiger partial charge in [-0.3, -0.25) is 0 Å². The average Bonchev–Trinajstić information content (AvgIpc) is 2.86. The predicted octanol–water partition coefficient (Wildman–Crippen LogP) is 3.72. The summed E-state index contributed by atoms with van der Waals surface area (Å²) in [7, 11) is 0. The minimum atomic E-state index is 1.20. The molecule has 0 aliphatic carbocycles. The van der Waals surface area contributed by atoms with Crippen LogP contribution < -0.4 is 0 Å². The van der Waals surface area contributed by atoms with Crippen molar-refractivity contribution in [3.05, 3.63) is 47.3 Å². The van der Waals surface area contributed by atoms with Crippen LogP contribution in [0.25, 0.3) is 11.1 Å². The van der Waals surface area contributed by atoms with Gasteiger partial charge in [-0.05, 0) is 37.8 Å². The van der Waals surface area contributed by atoms with Crippen molar-refractivity contribution >= 4 is 0 Å². The van der Waals surface area contributed by atoms with Crippen LogP contribution in [0.1, 0.15) is 23.4 Å². The SMILES string of the molecule is Cc1c(-c2ccccc2)c2n(c1C)CCC2. The highest BCUT2D eigenvalue weighted by molar-refractivity contribution is 5.72. The molecule has 0 unspecified atom stereocenters. The molecule has 1 aliphatic rings. The van der Waals surface area contributed by atoms with Gasteiger partial charge >= 0.3 is 0 Å². The van der Waals surface area contributed by atoms with Gasteiger partial charge in [0.25, 0.3) is 0 Å². The highest BCUT2D eigenvalue weighted by Crippen LogP contribution is 2.35. The molecule has 1 nitrogen and oxygen atoms in total. The number of rotatable bonds is 1. The predicted molar refractivity (Wildman–Crippen MR) is 67.7 cm³/mol. The fraction of sp³-hybridized carbons (Fsp3) is 0.333. The summed E-state index contributed by atoms with van der Waals surface area (Å²) < 4.78 is 2.50. The number of hydrogen-bond donors (Lipinski definition) is 0. The summed E-state index contributed by atoms with van der Waals surface area (Å²) in [6.07, 6.45) is 2.54. The second-order valence-corrected chi connectivity index (χ2v) is 4.65. The van der Waals surface area contributed by atoms with Gasteiger partial charge in [-0.25, -0.2) is 0 Å². The summed E-state index contributed by atoms with van der Waals surface area (Å²) in [4.78, 5) is 0. The lowest BCUT2D eigenvalue weighted by Crippen LogP contribution is -1.94. The van der Waals surface area contributed by atoms with Gasteiger partial charge in [0.1, 0.15) is 0 Å². The van der Waals surface area contributed by atoms with Crippen LogP contribution >= 0.6 is 0 Å². The van der Waals surface area contributed by atoms with Crippen molar-refractivity contribution in [1.29, 1.82) is 0 Å². The minimum Gasteiger partial charge on any atom is -0.348 e. The van der Waals surface area contributed by atoms with Crippen molar-refractivity contribution < 1.29 is 0 Å². The summed E-state index contributed by atoms with van der Waals surface area (Å²) in [5, 5.41) is 0. The quantitative estimate of drug-likeness (QED) is 0.677. The molecular weight excluding hydrogens is 194 g/mol. The molecule has 3 rings (SSSR count). The first-order valence-corrected chi connectivity index (χ1v) is 6.03. The molecule has 0 amide bonds. The van der Waals surface area contributed by atoms with Crippen LogP contribution in [0.3, 0.4) is 0 Å². The molecule has 0 fully saturated rings.